The van der Waals surface area contributed by atoms with Crippen molar-refractivity contribution < 1.29 is 4.52 Å². The molecule has 108 valence electrons. The third-order valence-electron chi connectivity index (χ3n) is 4.09. The number of nitrogens with one attached hydrogen (secondary N) is 1. The Balaban J connectivity index is 1.76. The van der Waals surface area contributed by atoms with E-state index < -0.39 is 0 Å². The van der Waals surface area contributed by atoms with Crippen molar-refractivity contribution in [3.8, 4) is 10.7 Å². The molecule has 6 heteroatoms. The standard InChI is InChI=1S/C14H18BrN3OS/c1-16-14(5-3-2-4-6-14)8-12-17-13(18-19-12)11-7-10(15)9-20-11/h7,9,16H,2-6,8H2,1H3. The maximum atomic E-state index is 5.45. The molecule has 0 atom stereocenters. The van der Waals surface area contributed by atoms with Crippen molar-refractivity contribution in [3.05, 3.63) is 21.8 Å². The molecule has 2 aromatic rings. The normalized spacial score (nSPS) is 18.3. The summed E-state index contributed by atoms with van der Waals surface area (Å²) in [7, 11) is 2.04. The molecule has 4 nitrogen and oxygen atoms in total. The SMILES string of the molecule is CNC1(Cc2nc(-c3cc(Br)cs3)no2)CCCCC1. The molecule has 0 bridgehead atoms. The summed E-state index contributed by atoms with van der Waals surface area (Å²) in [5, 5.41) is 9.62. The van der Waals surface area contributed by atoms with E-state index >= 15 is 0 Å². The summed E-state index contributed by atoms with van der Waals surface area (Å²) in [5.74, 6) is 1.43. The molecule has 1 aliphatic carbocycles. The number of hydrogen-bond acceptors (Lipinski definition) is 5. The molecule has 1 saturated carbocycles. The Bertz CT molecular complexity index is 574. The Hall–Kier alpha value is -0.720. The molecule has 2 aromatic heterocycles. The van der Waals surface area contributed by atoms with Gasteiger partial charge in [0.1, 0.15) is 0 Å². The minimum Gasteiger partial charge on any atom is -0.339 e. The fourth-order valence-corrected chi connectivity index (χ4v) is 4.24. The monoisotopic (exact) mass is 355 g/mol. The summed E-state index contributed by atoms with van der Waals surface area (Å²) >= 11 is 5.07. The molecule has 20 heavy (non-hydrogen) atoms. The first-order valence-corrected chi connectivity index (χ1v) is 8.64. The Morgan fingerprint density at radius 3 is 2.85 bits per heavy atom. The molecule has 0 radical (unpaired) electrons. The van der Waals surface area contributed by atoms with E-state index in [4.69, 9.17) is 4.52 Å². The van der Waals surface area contributed by atoms with Gasteiger partial charge in [-0.05, 0) is 41.9 Å². The van der Waals surface area contributed by atoms with E-state index in [0.29, 0.717) is 5.82 Å². The molecular formula is C14H18BrN3OS. The predicted octanol–water partition coefficient (Wildman–Crippen LogP) is 4.03. The molecule has 0 aliphatic heterocycles. The first kappa shape index (κ1) is 14.2. The minimum atomic E-state index is 0.137. The molecule has 3 rings (SSSR count). The van der Waals surface area contributed by atoms with Crippen LogP contribution in [0.4, 0.5) is 0 Å². The molecule has 0 aromatic carbocycles. The second-order valence-corrected chi connectivity index (χ2v) is 7.24. The highest BCUT2D eigenvalue weighted by Gasteiger charge is 2.32. The van der Waals surface area contributed by atoms with Crippen molar-refractivity contribution in [1.29, 1.82) is 0 Å². The van der Waals surface area contributed by atoms with E-state index in [1.165, 1.54) is 32.1 Å². The molecular weight excluding hydrogens is 338 g/mol. The zero-order chi connectivity index (χ0) is 14.0. The predicted molar refractivity (Wildman–Crippen MR) is 83.9 cm³/mol. The van der Waals surface area contributed by atoms with Crippen LogP contribution in [-0.4, -0.2) is 22.7 Å². The van der Waals surface area contributed by atoms with Crippen LogP contribution in [0.1, 0.15) is 38.0 Å². The van der Waals surface area contributed by atoms with Crippen molar-refractivity contribution >= 4 is 27.3 Å². The summed E-state index contributed by atoms with van der Waals surface area (Å²) in [4.78, 5) is 5.59. The van der Waals surface area contributed by atoms with Crippen LogP contribution >= 0.6 is 27.3 Å². The molecule has 0 saturated heterocycles. The molecule has 0 spiro atoms. The smallest absolute Gasteiger partial charge is 0.228 e. The van der Waals surface area contributed by atoms with Gasteiger partial charge < -0.3 is 9.84 Å². The number of hydrogen-bond donors (Lipinski definition) is 1. The molecule has 1 fully saturated rings. The molecule has 0 unspecified atom stereocenters. The van der Waals surface area contributed by atoms with Crippen LogP contribution in [0, 0.1) is 0 Å². The summed E-state index contributed by atoms with van der Waals surface area (Å²) in [6.07, 6.45) is 7.09. The van der Waals surface area contributed by atoms with Crippen LogP contribution in [0.5, 0.6) is 0 Å². The number of aromatic nitrogens is 2. The second-order valence-electron chi connectivity index (χ2n) is 5.41. The van der Waals surface area contributed by atoms with Crippen molar-refractivity contribution in [3.63, 3.8) is 0 Å². The maximum Gasteiger partial charge on any atom is 0.228 e. The van der Waals surface area contributed by atoms with Gasteiger partial charge in [0.15, 0.2) is 0 Å². The fraction of sp³-hybridized carbons (Fsp3) is 0.571. The average molecular weight is 356 g/mol. The number of halogens is 1. The van der Waals surface area contributed by atoms with Gasteiger partial charge in [-0.25, -0.2) is 0 Å². The maximum absolute atomic E-state index is 5.45. The number of thiophene rings is 1. The first-order chi connectivity index (χ1) is 9.71. The van der Waals surface area contributed by atoms with Gasteiger partial charge in [-0.3, -0.25) is 0 Å². The van der Waals surface area contributed by atoms with Crippen molar-refractivity contribution in [1.82, 2.24) is 15.5 Å². The highest BCUT2D eigenvalue weighted by Crippen LogP contribution is 2.32. The van der Waals surface area contributed by atoms with Gasteiger partial charge in [-0.2, -0.15) is 4.98 Å². The van der Waals surface area contributed by atoms with Crippen LogP contribution < -0.4 is 5.32 Å². The molecule has 0 amide bonds. The number of rotatable bonds is 4. The van der Waals surface area contributed by atoms with Gasteiger partial charge in [0.05, 0.1) is 4.88 Å². The lowest BCUT2D eigenvalue weighted by atomic mass is 9.79. The Morgan fingerprint density at radius 2 is 2.20 bits per heavy atom. The van der Waals surface area contributed by atoms with Crippen LogP contribution in [0.3, 0.4) is 0 Å². The quantitative estimate of drug-likeness (QED) is 0.899. The lowest BCUT2D eigenvalue weighted by molar-refractivity contribution is 0.221. The molecule has 2 heterocycles. The first-order valence-electron chi connectivity index (χ1n) is 6.97. The van der Waals surface area contributed by atoms with E-state index in [-0.39, 0.29) is 5.54 Å². The largest absolute Gasteiger partial charge is 0.339 e. The van der Waals surface area contributed by atoms with Gasteiger partial charge in [0.2, 0.25) is 11.7 Å². The number of nitrogens with zero attached hydrogens (tertiary/aromatic N) is 2. The topological polar surface area (TPSA) is 51.0 Å². The average Bonchev–Trinajstić information content (AvgIpc) is 3.09. The second kappa shape index (κ2) is 5.95. The van der Waals surface area contributed by atoms with Crippen LogP contribution in [0.25, 0.3) is 10.7 Å². The van der Waals surface area contributed by atoms with Crippen LogP contribution in [0.15, 0.2) is 20.4 Å². The Labute approximate surface area is 131 Å². The van der Waals surface area contributed by atoms with Crippen molar-refractivity contribution in [2.45, 2.75) is 44.1 Å². The summed E-state index contributed by atoms with van der Waals surface area (Å²) < 4.78 is 6.51. The zero-order valence-electron chi connectivity index (χ0n) is 11.5. The van der Waals surface area contributed by atoms with Gasteiger partial charge in [-0.1, -0.05) is 24.4 Å². The van der Waals surface area contributed by atoms with E-state index in [1.807, 2.05) is 18.5 Å². The third kappa shape index (κ3) is 2.97. The number of likely N-dealkylation sites (N-methyl/N-ethyl adjacent to an activating group) is 1. The zero-order valence-corrected chi connectivity index (χ0v) is 13.9. The molecule has 1 N–H and O–H groups in total. The minimum absolute atomic E-state index is 0.137. The molecule has 1 aliphatic rings. The summed E-state index contributed by atoms with van der Waals surface area (Å²) in [6.45, 7) is 0. The summed E-state index contributed by atoms with van der Waals surface area (Å²) in [6, 6.07) is 2.02. The van der Waals surface area contributed by atoms with Gasteiger partial charge >= 0.3 is 0 Å². The highest BCUT2D eigenvalue weighted by atomic mass is 79.9. The van der Waals surface area contributed by atoms with Gasteiger partial charge in [0, 0.05) is 21.8 Å². The van der Waals surface area contributed by atoms with Crippen molar-refractivity contribution in [2.75, 3.05) is 7.05 Å². The van der Waals surface area contributed by atoms with Crippen LogP contribution in [-0.2, 0) is 6.42 Å². The van der Waals surface area contributed by atoms with E-state index in [2.05, 4.69) is 31.4 Å². The highest BCUT2D eigenvalue weighted by molar-refractivity contribution is 9.10. The van der Waals surface area contributed by atoms with E-state index in [9.17, 15) is 0 Å². The lowest BCUT2D eigenvalue weighted by Gasteiger charge is -2.36. The lowest BCUT2D eigenvalue weighted by Crippen LogP contribution is -2.46. The van der Waals surface area contributed by atoms with Gasteiger partial charge in [0.25, 0.3) is 0 Å². The van der Waals surface area contributed by atoms with Gasteiger partial charge in [-0.15, -0.1) is 11.3 Å². The fourth-order valence-electron chi connectivity index (χ4n) is 2.89. The Morgan fingerprint density at radius 1 is 1.40 bits per heavy atom. The third-order valence-corrected chi connectivity index (χ3v) is 5.77. The van der Waals surface area contributed by atoms with E-state index in [1.54, 1.807) is 11.3 Å². The summed E-state index contributed by atoms with van der Waals surface area (Å²) in [5.41, 5.74) is 0.137. The van der Waals surface area contributed by atoms with Crippen LogP contribution in [0.2, 0.25) is 0 Å². The Kier molecular flexibility index (Phi) is 4.23. The van der Waals surface area contributed by atoms with Crippen molar-refractivity contribution in [2.24, 2.45) is 0 Å². The van der Waals surface area contributed by atoms with E-state index in [0.717, 1.165) is 21.7 Å².